The molecule has 3 heterocycles. The van der Waals surface area contributed by atoms with E-state index in [2.05, 4.69) is 10.2 Å². The van der Waals surface area contributed by atoms with Crippen LogP contribution in [-0.2, 0) is 15.5 Å². The van der Waals surface area contributed by atoms with Crippen molar-refractivity contribution >= 4 is 27.8 Å². The molecule has 5 rings (SSSR count). The van der Waals surface area contributed by atoms with Gasteiger partial charge in [0.2, 0.25) is 0 Å². The van der Waals surface area contributed by atoms with Crippen molar-refractivity contribution in [3.8, 4) is 5.69 Å². The Morgan fingerprint density at radius 3 is 2.59 bits per heavy atom. The first-order chi connectivity index (χ1) is 16.2. The summed E-state index contributed by atoms with van der Waals surface area (Å²) in [6, 6.07) is 4.32. The number of aromatic nitrogens is 3. The lowest BCUT2D eigenvalue weighted by molar-refractivity contribution is -0.145. The summed E-state index contributed by atoms with van der Waals surface area (Å²) in [5.74, 6) is -9.66. The van der Waals surface area contributed by atoms with Crippen LogP contribution >= 0.6 is 0 Å². The Morgan fingerprint density at radius 1 is 1.18 bits per heavy atom. The summed E-state index contributed by atoms with van der Waals surface area (Å²) in [5.41, 5.74) is -0.976. The minimum atomic E-state index is -3.96. The molecule has 0 spiro atoms. The Morgan fingerprint density at radius 2 is 1.91 bits per heavy atom. The van der Waals surface area contributed by atoms with Crippen molar-refractivity contribution in [2.45, 2.75) is 31.1 Å². The SMILES string of the molecule is O=C(O)CC(F)(F)c1c(C2CCOCC2)n(-c2ccc(F)c(F)c2)c2cc3cn[nH]c3c(F)c12. The minimum Gasteiger partial charge on any atom is -0.481 e. The smallest absolute Gasteiger partial charge is 0.309 e. The highest BCUT2D eigenvalue weighted by Gasteiger charge is 2.44. The van der Waals surface area contributed by atoms with E-state index in [0.29, 0.717) is 12.8 Å². The zero-order valence-corrected chi connectivity index (χ0v) is 17.5. The fourth-order valence-electron chi connectivity index (χ4n) is 4.73. The molecule has 0 unspecified atom stereocenters. The number of nitrogens with one attached hydrogen (secondary N) is 1. The first-order valence-electron chi connectivity index (χ1n) is 10.5. The fourth-order valence-corrected chi connectivity index (χ4v) is 4.73. The molecule has 4 aromatic rings. The summed E-state index contributed by atoms with van der Waals surface area (Å²) in [6.07, 6.45) is 0.346. The summed E-state index contributed by atoms with van der Waals surface area (Å²) in [4.78, 5) is 11.3. The normalized spacial score (nSPS) is 15.4. The molecule has 1 saturated heterocycles. The standard InChI is InChI=1S/C23H18F5N3O3/c24-14-2-1-13(8-15(14)25)31-16-7-12-10-29-30-21(12)20(26)18(16)19(23(27,28)9-17(32)33)22(31)11-3-5-34-6-4-11/h1-2,7-8,10-11H,3-6,9H2,(H,29,30)(H,32,33). The second kappa shape index (κ2) is 8.08. The van der Waals surface area contributed by atoms with Crippen molar-refractivity contribution in [1.82, 2.24) is 14.8 Å². The van der Waals surface area contributed by atoms with Crippen molar-refractivity contribution in [3.63, 3.8) is 0 Å². The van der Waals surface area contributed by atoms with Gasteiger partial charge in [-0.15, -0.1) is 0 Å². The third kappa shape index (κ3) is 3.51. The number of ether oxygens (including phenoxy) is 1. The summed E-state index contributed by atoms with van der Waals surface area (Å²) in [7, 11) is 0. The minimum absolute atomic E-state index is 0.00464. The Hall–Kier alpha value is -3.47. The Kier molecular flexibility index (Phi) is 5.31. The monoisotopic (exact) mass is 479 g/mol. The van der Waals surface area contributed by atoms with Crippen LogP contribution in [0.15, 0.2) is 30.5 Å². The zero-order chi connectivity index (χ0) is 24.2. The third-order valence-corrected chi connectivity index (χ3v) is 6.15. The van der Waals surface area contributed by atoms with Crippen LogP contribution in [0.25, 0.3) is 27.5 Å². The Bertz CT molecular complexity index is 1420. The molecular formula is C23H18F5N3O3. The number of hydrogen-bond donors (Lipinski definition) is 2. The van der Waals surface area contributed by atoms with Gasteiger partial charge >= 0.3 is 5.97 Å². The van der Waals surface area contributed by atoms with E-state index >= 15 is 13.2 Å². The van der Waals surface area contributed by atoms with Gasteiger partial charge in [-0.1, -0.05) is 0 Å². The van der Waals surface area contributed by atoms with Crippen LogP contribution in [-0.4, -0.2) is 39.1 Å². The maximum absolute atomic E-state index is 15.7. The molecule has 0 aliphatic carbocycles. The van der Waals surface area contributed by atoms with Crippen molar-refractivity contribution in [2.75, 3.05) is 13.2 Å². The van der Waals surface area contributed by atoms with Gasteiger partial charge in [0.1, 0.15) is 11.9 Å². The van der Waals surface area contributed by atoms with E-state index in [1.54, 1.807) is 0 Å². The van der Waals surface area contributed by atoms with Gasteiger partial charge < -0.3 is 14.4 Å². The second-order valence-corrected chi connectivity index (χ2v) is 8.27. The van der Waals surface area contributed by atoms with Crippen molar-refractivity contribution in [2.24, 2.45) is 0 Å². The van der Waals surface area contributed by atoms with Gasteiger partial charge in [-0.2, -0.15) is 5.10 Å². The van der Waals surface area contributed by atoms with Gasteiger partial charge in [0, 0.05) is 47.4 Å². The lowest BCUT2D eigenvalue weighted by atomic mass is 9.89. The molecule has 2 N–H and O–H groups in total. The van der Waals surface area contributed by atoms with E-state index in [-0.39, 0.29) is 41.0 Å². The van der Waals surface area contributed by atoms with Gasteiger partial charge in [0.15, 0.2) is 17.5 Å². The summed E-state index contributed by atoms with van der Waals surface area (Å²) in [6.45, 7) is 0.502. The molecule has 0 radical (unpaired) electrons. The highest BCUT2D eigenvalue weighted by atomic mass is 19.3. The Balaban J connectivity index is 1.96. The van der Waals surface area contributed by atoms with Crippen molar-refractivity contribution in [1.29, 1.82) is 0 Å². The lowest BCUT2D eigenvalue weighted by Crippen LogP contribution is -2.24. The number of nitrogens with zero attached hydrogens (tertiary/aromatic N) is 2. The number of carboxylic acids is 1. The fraction of sp³-hybridized carbons (Fsp3) is 0.304. The summed E-state index contributed by atoms with van der Waals surface area (Å²) in [5, 5.41) is 15.2. The highest BCUT2D eigenvalue weighted by molar-refractivity contribution is 6.00. The number of fused-ring (bicyclic) bond motifs is 2. The maximum atomic E-state index is 15.7. The maximum Gasteiger partial charge on any atom is 0.309 e. The van der Waals surface area contributed by atoms with Gasteiger partial charge in [0.05, 0.1) is 17.3 Å². The molecule has 11 heteroatoms. The van der Waals surface area contributed by atoms with E-state index in [1.807, 2.05) is 0 Å². The van der Waals surface area contributed by atoms with Gasteiger partial charge in [0.25, 0.3) is 5.92 Å². The average molecular weight is 479 g/mol. The highest BCUT2D eigenvalue weighted by Crippen LogP contribution is 2.48. The van der Waals surface area contributed by atoms with Crippen LogP contribution in [0.1, 0.15) is 36.4 Å². The van der Waals surface area contributed by atoms with Gasteiger partial charge in [-0.3, -0.25) is 9.89 Å². The van der Waals surface area contributed by atoms with Crippen LogP contribution < -0.4 is 0 Å². The molecule has 6 nitrogen and oxygen atoms in total. The topological polar surface area (TPSA) is 80.1 Å². The number of alkyl halides is 2. The number of aliphatic carboxylic acids is 1. The molecular weight excluding hydrogens is 461 g/mol. The van der Waals surface area contributed by atoms with Crippen LogP contribution in [0.4, 0.5) is 22.0 Å². The van der Waals surface area contributed by atoms with E-state index in [1.165, 1.54) is 22.9 Å². The number of hydrogen-bond acceptors (Lipinski definition) is 3. The summed E-state index contributed by atoms with van der Waals surface area (Å²) < 4.78 is 81.4. The molecule has 2 aromatic heterocycles. The number of carboxylic acid groups (broad SMARTS) is 1. The zero-order valence-electron chi connectivity index (χ0n) is 17.5. The molecule has 2 aromatic carbocycles. The molecule has 0 bridgehead atoms. The number of carbonyl (C=O) groups is 1. The van der Waals surface area contributed by atoms with E-state index in [4.69, 9.17) is 4.74 Å². The van der Waals surface area contributed by atoms with Crippen LogP contribution in [0.3, 0.4) is 0 Å². The van der Waals surface area contributed by atoms with E-state index in [9.17, 15) is 18.7 Å². The second-order valence-electron chi connectivity index (χ2n) is 8.27. The predicted molar refractivity (Wildman–Crippen MR) is 112 cm³/mol. The van der Waals surface area contributed by atoms with Crippen LogP contribution in [0.2, 0.25) is 0 Å². The van der Waals surface area contributed by atoms with Crippen molar-refractivity contribution in [3.05, 3.63) is 59.2 Å². The number of benzene rings is 2. The Labute approximate surface area is 188 Å². The molecule has 0 amide bonds. The first-order valence-corrected chi connectivity index (χ1v) is 10.5. The molecule has 1 fully saturated rings. The average Bonchev–Trinajstić information content (AvgIpc) is 3.39. The van der Waals surface area contributed by atoms with Gasteiger partial charge in [-0.25, -0.2) is 22.0 Å². The van der Waals surface area contributed by atoms with E-state index < -0.39 is 52.6 Å². The predicted octanol–water partition coefficient (Wildman–Crippen LogP) is 5.38. The molecule has 1 aliphatic rings. The first kappa shape index (κ1) is 22.3. The molecule has 178 valence electrons. The summed E-state index contributed by atoms with van der Waals surface area (Å²) >= 11 is 0. The molecule has 0 atom stereocenters. The molecule has 34 heavy (non-hydrogen) atoms. The molecule has 1 aliphatic heterocycles. The molecule has 0 saturated carbocycles. The van der Waals surface area contributed by atoms with Crippen LogP contribution in [0, 0.1) is 17.5 Å². The number of H-pyrrole nitrogens is 1. The number of halogens is 5. The van der Waals surface area contributed by atoms with Gasteiger partial charge in [-0.05, 0) is 31.0 Å². The third-order valence-electron chi connectivity index (χ3n) is 6.15. The van der Waals surface area contributed by atoms with Crippen LogP contribution in [0.5, 0.6) is 0 Å². The number of rotatable bonds is 5. The number of aromatic amines is 1. The largest absolute Gasteiger partial charge is 0.481 e. The lowest BCUT2D eigenvalue weighted by Gasteiger charge is -2.27. The van der Waals surface area contributed by atoms with E-state index in [0.717, 1.165) is 12.1 Å². The van der Waals surface area contributed by atoms with Crippen molar-refractivity contribution < 1.29 is 36.6 Å². The quantitative estimate of drug-likeness (QED) is 0.377.